The van der Waals surface area contributed by atoms with E-state index >= 15 is 0 Å². The van der Waals surface area contributed by atoms with Crippen molar-refractivity contribution in [2.75, 3.05) is 5.32 Å². The van der Waals surface area contributed by atoms with Crippen LogP contribution < -0.4 is 5.32 Å². The van der Waals surface area contributed by atoms with Crippen LogP contribution in [0.2, 0.25) is 0 Å². The first-order valence-corrected chi connectivity index (χ1v) is 8.62. The summed E-state index contributed by atoms with van der Waals surface area (Å²) in [5, 5.41) is 13.6. The minimum absolute atomic E-state index is 0.308. The molecule has 6 heteroatoms. The van der Waals surface area contributed by atoms with Gasteiger partial charge in [-0.25, -0.2) is 14.8 Å². The van der Waals surface area contributed by atoms with E-state index in [1.807, 2.05) is 13.8 Å². The molecule has 0 radical (unpaired) electrons. The molecule has 0 bridgehead atoms. The maximum atomic E-state index is 11.5. The summed E-state index contributed by atoms with van der Waals surface area (Å²) in [5.41, 5.74) is 1.32. The zero-order valence-electron chi connectivity index (χ0n) is 12.9. The lowest BCUT2D eigenvalue weighted by atomic mass is 9.97. The Kier molecular flexibility index (Phi) is 4.29. The third-order valence-corrected chi connectivity index (χ3v) is 5.27. The van der Waals surface area contributed by atoms with E-state index in [-0.39, 0.29) is 0 Å². The summed E-state index contributed by atoms with van der Waals surface area (Å²) in [5.74, 6) is 0.157. The summed E-state index contributed by atoms with van der Waals surface area (Å²) in [6, 6.07) is -0.614. The lowest BCUT2D eigenvalue weighted by Gasteiger charge is -2.18. The molecule has 0 saturated heterocycles. The Labute approximate surface area is 133 Å². The van der Waals surface area contributed by atoms with E-state index in [0.717, 1.165) is 23.1 Å². The number of carboxylic acid groups (broad SMARTS) is 1. The van der Waals surface area contributed by atoms with E-state index in [4.69, 9.17) is 0 Å². The fraction of sp³-hybridized carbons (Fsp3) is 0.562. The second kappa shape index (κ2) is 6.20. The molecule has 2 aromatic rings. The van der Waals surface area contributed by atoms with Crippen LogP contribution in [0.1, 0.15) is 43.6 Å². The zero-order valence-corrected chi connectivity index (χ0v) is 13.7. The molecule has 0 saturated carbocycles. The number of rotatable bonds is 5. The third kappa shape index (κ3) is 2.92. The molecule has 1 atom stereocenters. The fourth-order valence-corrected chi connectivity index (χ4v) is 4.29. The molecule has 22 heavy (non-hydrogen) atoms. The molecule has 5 nitrogen and oxygen atoms in total. The monoisotopic (exact) mass is 319 g/mol. The van der Waals surface area contributed by atoms with E-state index in [0.29, 0.717) is 18.2 Å². The van der Waals surface area contributed by atoms with Crippen LogP contribution in [0.5, 0.6) is 0 Å². The van der Waals surface area contributed by atoms with Crippen LogP contribution in [0.15, 0.2) is 6.33 Å². The molecule has 0 aromatic carbocycles. The molecular weight excluding hydrogens is 298 g/mol. The van der Waals surface area contributed by atoms with Crippen molar-refractivity contribution >= 4 is 33.3 Å². The number of aryl methyl sites for hydroxylation is 2. The predicted octanol–water partition coefficient (Wildman–Crippen LogP) is 3.48. The second-order valence-electron chi connectivity index (χ2n) is 6.28. The SMILES string of the molecule is CC(C)CC(Nc1ncnc2sc3c(c12)CCCC3)C(=O)O. The predicted molar refractivity (Wildman–Crippen MR) is 88.6 cm³/mol. The van der Waals surface area contributed by atoms with Crippen LogP contribution in [0.3, 0.4) is 0 Å². The maximum Gasteiger partial charge on any atom is 0.326 e. The van der Waals surface area contributed by atoms with Gasteiger partial charge in [-0.2, -0.15) is 0 Å². The summed E-state index contributed by atoms with van der Waals surface area (Å²) in [6.07, 6.45) is 6.65. The van der Waals surface area contributed by atoms with E-state index in [1.165, 1.54) is 29.6 Å². The lowest BCUT2D eigenvalue weighted by Crippen LogP contribution is -2.31. The average molecular weight is 319 g/mol. The quantitative estimate of drug-likeness (QED) is 0.882. The highest BCUT2D eigenvalue weighted by Gasteiger charge is 2.24. The highest BCUT2D eigenvalue weighted by molar-refractivity contribution is 7.19. The molecule has 2 aromatic heterocycles. The minimum atomic E-state index is -0.829. The number of aromatic nitrogens is 2. The van der Waals surface area contributed by atoms with Crippen molar-refractivity contribution in [3.63, 3.8) is 0 Å². The van der Waals surface area contributed by atoms with E-state index in [2.05, 4.69) is 15.3 Å². The van der Waals surface area contributed by atoms with Crippen molar-refractivity contribution in [2.24, 2.45) is 5.92 Å². The van der Waals surface area contributed by atoms with Crippen LogP contribution >= 0.6 is 11.3 Å². The third-order valence-electron chi connectivity index (χ3n) is 4.07. The Bertz CT molecular complexity index is 696. The van der Waals surface area contributed by atoms with Gasteiger partial charge in [0.05, 0.1) is 5.39 Å². The molecule has 1 aliphatic carbocycles. The standard InChI is InChI=1S/C16H21N3O2S/c1-9(2)7-11(16(20)21)19-14-13-10-5-3-4-6-12(10)22-15(13)18-8-17-14/h8-9,11H,3-7H2,1-2H3,(H,20,21)(H,17,18,19). The van der Waals surface area contributed by atoms with Crippen molar-refractivity contribution in [3.05, 3.63) is 16.8 Å². The van der Waals surface area contributed by atoms with Gasteiger partial charge in [-0.15, -0.1) is 11.3 Å². The van der Waals surface area contributed by atoms with Crippen LogP contribution in [-0.4, -0.2) is 27.1 Å². The number of carbonyl (C=O) groups is 1. The Hall–Kier alpha value is -1.69. The summed E-state index contributed by atoms with van der Waals surface area (Å²) < 4.78 is 0. The van der Waals surface area contributed by atoms with Crippen molar-refractivity contribution in [2.45, 2.75) is 52.0 Å². The van der Waals surface area contributed by atoms with E-state index < -0.39 is 12.0 Å². The topological polar surface area (TPSA) is 75.1 Å². The number of fused-ring (bicyclic) bond motifs is 3. The van der Waals surface area contributed by atoms with Crippen molar-refractivity contribution < 1.29 is 9.90 Å². The van der Waals surface area contributed by atoms with Crippen LogP contribution in [-0.2, 0) is 17.6 Å². The second-order valence-corrected chi connectivity index (χ2v) is 7.36. The Morgan fingerprint density at radius 1 is 1.36 bits per heavy atom. The van der Waals surface area contributed by atoms with Crippen molar-refractivity contribution in [1.82, 2.24) is 9.97 Å². The number of anilines is 1. The number of nitrogens with zero attached hydrogens (tertiary/aromatic N) is 2. The largest absolute Gasteiger partial charge is 0.480 e. The van der Waals surface area contributed by atoms with Gasteiger partial charge in [0.25, 0.3) is 0 Å². The molecule has 0 aliphatic heterocycles. The van der Waals surface area contributed by atoms with Crippen LogP contribution in [0.25, 0.3) is 10.2 Å². The molecule has 1 aliphatic rings. The number of carboxylic acids is 1. The molecular formula is C16H21N3O2S. The van der Waals surface area contributed by atoms with Crippen molar-refractivity contribution in [3.8, 4) is 0 Å². The summed E-state index contributed by atoms with van der Waals surface area (Å²) >= 11 is 1.72. The van der Waals surface area contributed by atoms with Gasteiger partial charge in [-0.05, 0) is 43.6 Å². The first-order chi connectivity index (χ1) is 10.6. The number of hydrogen-bond acceptors (Lipinski definition) is 5. The van der Waals surface area contributed by atoms with Crippen LogP contribution in [0.4, 0.5) is 5.82 Å². The molecule has 0 amide bonds. The molecule has 118 valence electrons. The fourth-order valence-electron chi connectivity index (χ4n) is 3.06. The van der Waals surface area contributed by atoms with E-state index in [1.54, 1.807) is 11.3 Å². The average Bonchev–Trinajstić information content (AvgIpc) is 2.85. The molecule has 2 heterocycles. The van der Waals surface area contributed by atoms with Gasteiger partial charge in [0.15, 0.2) is 0 Å². The summed E-state index contributed by atoms with van der Waals surface area (Å²) in [6.45, 7) is 4.05. The number of hydrogen-bond donors (Lipinski definition) is 2. The smallest absolute Gasteiger partial charge is 0.326 e. The van der Waals surface area contributed by atoms with Gasteiger partial charge >= 0.3 is 5.97 Å². The van der Waals surface area contributed by atoms with Gasteiger partial charge in [-0.3, -0.25) is 0 Å². The first-order valence-electron chi connectivity index (χ1n) is 7.81. The van der Waals surface area contributed by atoms with Gasteiger partial charge in [-0.1, -0.05) is 13.8 Å². The number of nitrogens with one attached hydrogen (secondary N) is 1. The molecule has 1 unspecified atom stereocenters. The minimum Gasteiger partial charge on any atom is -0.480 e. The maximum absolute atomic E-state index is 11.5. The molecule has 0 fully saturated rings. The van der Waals surface area contributed by atoms with Gasteiger partial charge in [0.1, 0.15) is 23.0 Å². The summed E-state index contributed by atoms with van der Waals surface area (Å²) in [4.78, 5) is 22.6. The zero-order chi connectivity index (χ0) is 15.7. The highest BCUT2D eigenvalue weighted by atomic mass is 32.1. The Balaban J connectivity index is 1.99. The van der Waals surface area contributed by atoms with Gasteiger partial charge in [0, 0.05) is 4.88 Å². The Morgan fingerprint density at radius 2 is 2.14 bits per heavy atom. The van der Waals surface area contributed by atoms with E-state index in [9.17, 15) is 9.90 Å². The highest BCUT2D eigenvalue weighted by Crippen LogP contribution is 2.38. The Morgan fingerprint density at radius 3 is 2.86 bits per heavy atom. The molecule has 0 spiro atoms. The van der Waals surface area contributed by atoms with Gasteiger partial charge in [0.2, 0.25) is 0 Å². The van der Waals surface area contributed by atoms with Gasteiger partial charge < -0.3 is 10.4 Å². The lowest BCUT2D eigenvalue weighted by molar-refractivity contribution is -0.138. The normalized spacial score (nSPS) is 15.8. The molecule has 3 rings (SSSR count). The summed E-state index contributed by atoms with van der Waals surface area (Å²) in [7, 11) is 0. The van der Waals surface area contributed by atoms with Crippen LogP contribution in [0, 0.1) is 5.92 Å². The van der Waals surface area contributed by atoms with Crippen molar-refractivity contribution in [1.29, 1.82) is 0 Å². The first kappa shape index (κ1) is 15.2. The number of aliphatic carboxylic acids is 1. The molecule has 2 N–H and O–H groups in total. The number of thiophene rings is 1.